The van der Waals surface area contributed by atoms with Gasteiger partial charge in [-0.25, -0.2) is 9.67 Å². The largest absolute Gasteiger partial charge is 0.468 e. The molecule has 1 amide bonds. The van der Waals surface area contributed by atoms with Crippen LogP contribution >= 0.6 is 0 Å². The molecule has 1 aromatic carbocycles. The number of benzene rings is 1. The Morgan fingerprint density at radius 2 is 2.06 bits per heavy atom. The summed E-state index contributed by atoms with van der Waals surface area (Å²) in [5.41, 5.74) is 1.03. The number of rotatable bonds is 7. The molecule has 0 aliphatic carbocycles. The van der Waals surface area contributed by atoms with Crippen LogP contribution in [0.25, 0.3) is 5.69 Å². The summed E-state index contributed by atoms with van der Waals surface area (Å²) in [6, 6.07) is 8.46. The van der Waals surface area contributed by atoms with E-state index in [-0.39, 0.29) is 23.8 Å². The maximum Gasteiger partial charge on any atom is 0.422 e. The van der Waals surface area contributed by atoms with Gasteiger partial charge in [0.15, 0.2) is 12.3 Å². The van der Waals surface area contributed by atoms with Crippen LogP contribution < -0.4 is 10.1 Å². The van der Waals surface area contributed by atoms with E-state index in [1.165, 1.54) is 41.2 Å². The smallest absolute Gasteiger partial charge is 0.422 e. The molecule has 0 fully saturated rings. The number of carbonyl (C=O) groups is 1. The lowest BCUT2D eigenvalue weighted by Gasteiger charge is -2.09. The van der Waals surface area contributed by atoms with Gasteiger partial charge in [0.05, 0.1) is 16.3 Å². The lowest BCUT2D eigenvalue weighted by atomic mass is 10.2. The second kappa shape index (κ2) is 8.77. The third-order valence-corrected chi connectivity index (χ3v) is 4.03. The van der Waals surface area contributed by atoms with Crippen molar-refractivity contribution in [3.8, 4) is 11.6 Å². The number of nitrogens with zero attached hydrogens (tertiary/aromatic N) is 5. The number of amides is 1. The predicted octanol–water partition coefficient (Wildman–Crippen LogP) is 2.75. The van der Waals surface area contributed by atoms with E-state index in [9.17, 15) is 28.1 Å². The fourth-order valence-electron chi connectivity index (χ4n) is 2.58. The minimum atomic E-state index is -4.49. The van der Waals surface area contributed by atoms with E-state index >= 15 is 0 Å². The molecule has 0 spiro atoms. The second-order valence-corrected chi connectivity index (χ2v) is 6.30. The van der Waals surface area contributed by atoms with Crippen molar-refractivity contribution >= 4 is 11.6 Å². The van der Waals surface area contributed by atoms with Gasteiger partial charge in [0, 0.05) is 30.9 Å². The highest BCUT2D eigenvalue weighted by atomic mass is 19.4. The Balaban J connectivity index is 1.68. The van der Waals surface area contributed by atoms with Crippen LogP contribution in [0, 0.1) is 17.0 Å². The van der Waals surface area contributed by atoms with Crippen molar-refractivity contribution < 1.29 is 27.6 Å². The molecular formula is C18H15F3N6O4. The van der Waals surface area contributed by atoms with E-state index in [4.69, 9.17) is 0 Å². The summed E-state index contributed by atoms with van der Waals surface area (Å²) in [6.07, 6.45) is -3.23. The van der Waals surface area contributed by atoms with Gasteiger partial charge in [-0.1, -0.05) is 11.3 Å². The molecular weight excluding hydrogens is 421 g/mol. The fourth-order valence-corrected chi connectivity index (χ4v) is 2.58. The molecule has 10 nitrogen and oxygen atoms in total. The van der Waals surface area contributed by atoms with Crippen molar-refractivity contribution in [2.75, 3.05) is 6.61 Å². The maximum absolute atomic E-state index is 12.5. The average molecular weight is 436 g/mol. The van der Waals surface area contributed by atoms with Crippen molar-refractivity contribution in [2.45, 2.75) is 19.6 Å². The quantitative estimate of drug-likeness (QED) is 0.446. The van der Waals surface area contributed by atoms with E-state index in [1.54, 1.807) is 13.0 Å². The highest BCUT2D eigenvalue weighted by molar-refractivity contribution is 5.93. The molecule has 162 valence electrons. The van der Waals surface area contributed by atoms with Crippen molar-refractivity contribution in [1.82, 2.24) is 25.3 Å². The molecule has 0 aliphatic heterocycles. The molecule has 0 saturated carbocycles. The third-order valence-electron chi connectivity index (χ3n) is 4.03. The number of pyridine rings is 1. The van der Waals surface area contributed by atoms with Gasteiger partial charge in [-0.15, -0.1) is 5.10 Å². The van der Waals surface area contributed by atoms with Gasteiger partial charge in [0.25, 0.3) is 11.6 Å². The van der Waals surface area contributed by atoms with E-state index in [1.807, 2.05) is 0 Å². The molecule has 0 radical (unpaired) electrons. The summed E-state index contributed by atoms with van der Waals surface area (Å²) >= 11 is 0. The Bertz CT molecular complexity index is 1120. The molecule has 0 atom stereocenters. The number of halogens is 3. The second-order valence-electron chi connectivity index (χ2n) is 6.30. The molecule has 0 saturated heterocycles. The number of nitro benzene ring substituents is 1. The van der Waals surface area contributed by atoms with E-state index in [0.717, 1.165) is 0 Å². The Morgan fingerprint density at radius 3 is 2.77 bits per heavy atom. The number of aromatic nitrogens is 4. The molecule has 3 rings (SSSR count). The zero-order chi connectivity index (χ0) is 22.6. The van der Waals surface area contributed by atoms with Crippen LogP contribution in [-0.4, -0.2) is 43.6 Å². The molecule has 0 aliphatic rings. The van der Waals surface area contributed by atoms with Crippen molar-refractivity contribution in [3.63, 3.8) is 0 Å². The standard InChI is InChI=1S/C18H15F3N6O4/c1-11-16(24-25-26(11)13-3-2-4-14(8-13)27(29)30)17(28)23-9-12-5-6-22-15(7-12)31-10-18(19,20)21/h2-8H,9-10H2,1H3,(H,23,28). The molecule has 3 aromatic rings. The monoisotopic (exact) mass is 436 g/mol. The normalized spacial score (nSPS) is 11.2. The first-order chi connectivity index (χ1) is 14.6. The number of alkyl halides is 3. The van der Waals surface area contributed by atoms with Crippen molar-refractivity contribution in [3.05, 3.63) is 69.7 Å². The molecule has 0 unspecified atom stereocenters. The molecule has 1 N–H and O–H groups in total. The van der Waals surface area contributed by atoms with Crippen LogP contribution in [0.5, 0.6) is 5.88 Å². The molecule has 0 bridgehead atoms. The van der Waals surface area contributed by atoms with Crippen LogP contribution in [-0.2, 0) is 6.54 Å². The highest BCUT2D eigenvalue weighted by Gasteiger charge is 2.28. The summed E-state index contributed by atoms with van der Waals surface area (Å²) in [4.78, 5) is 26.6. The zero-order valence-electron chi connectivity index (χ0n) is 16.0. The lowest BCUT2D eigenvalue weighted by molar-refractivity contribution is -0.384. The number of ether oxygens (including phenoxy) is 1. The molecule has 13 heteroatoms. The van der Waals surface area contributed by atoms with Gasteiger partial charge in [0.2, 0.25) is 5.88 Å². The topological polar surface area (TPSA) is 125 Å². The van der Waals surface area contributed by atoms with Crippen LogP contribution in [0.3, 0.4) is 0 Å². The Morgan fingerprint density at radius 1 is 1.29 bits per heavy atom. The van der Waals surface area contributed by atoms with Crippen LogP contribution in [0.2, 0.25) is 0 Å². The molecule has 31 heavy (non-hydrogen) atoms. The predicted molar refractivity (Wildman–Crippen MR) is 99.7 cm³/mol. The maximum atomic E-state index is 12.5. The van der Waals surface area contributed by atoms with E-state index in [2.05, 4.69) is 25.3 Å². The first kappa shape index (κ1) is 21.7. The number of hydrogen-bond donors (Lipinski definition) is 1. The summed E-state index contributed by atoms with van der Waals surface area (Å²) in [7, 11) is 0. The average Bonchev–Trinajstić information content (AvgIpc) is 3.12. The van der Waals surface area contributed by atoms with Crippen molar-refractivity contribution in [1.29, 1.82) is 0 Å². The summed E-state index contributed by atoms with van der Waals surface area (Å²) in [5.74, 6) is -0.805. The van der Waals surface area contributed by atoms with Crippen LogP contribution in [0.15, 0.2) is 42.6 Å². The first-order valence-electron chi connectivity index (χ1n) is 8.74. The Labute approximate surface area is 172 Å². The fraction of sp³-hybridized carbons (Fsp3) is 0.222. The minimum absolute atomic E-state index is 0.00546. The summed E-state index contributed by atoms with van der Waals surface area (Å²) in [6.45, 7) is 0.0753. The van der Waals surface area contributed by atoms with Gasteiger partial charge < -0.3 is 10.1 Å². The number of nitro groups is 1. The van der Waals surface area contributed by atoms with Crippen LogP contribution in [0.4, 0.5) is 18.9 Å². The molecule has 2 aromatic heterocycles. The number of carbonyl (C=O) groups excluding carboxylic acids is 1. The minimum Gasteiger partial charge on any atom is -0.468 e. The van der Waals surface area contributed by atoms with E-state index in [0.29, 0.717) is 16.9 Å². The van der Waals surface area contributed by atoms with Gasteiger partial charge in [0.1, 0.15) is 0 Å². The summed E-state index contributed by atoms with van der Waals surface area (Å²) < 4.78 is 42.6. The SMILES string of the molecule is Cc1c(C(=O)NCc2ccnc(OCC(F)(F)F)c2)nnn1-c1cccc([N+](=O)[O-])c1. The number of non-ortho nitro benzene ring substituents is 1. The van der Waals surface area contributed by atoms with Crippen molar-refractivity contribution in [2.24, 2.45) is 0 Å². The lowest BCUT2D eigenvalue weighted by Crippen LogP contribution is -2.24. The van der Waals surface area contributed by atoms with Gasteiger partial charge in [-0.05, 0) is 24.6 Å². The van der Waals surface area contributed by atoms with Gasteiger partial charge in [-0.2, -0.15) is 13.2 Å². The first-order valence-corrected chi connectivity index (χ1v) is 8.74. The molecule has 2 heterocycles. The van der Waals surface area contributed by atoms with Crippen LogP contribution in [0.1, 0.15) is 21.7 Å². The summed E-state index contributed by atoms with van der Waals surface area (Å²) in [5, 5.41) is 21.2. The Hall–Kier alpha value is -4.03. The highest BCUT2D eigenvalue weighted by Crippen LogP contribution is 2.19. The zero-order valence-corrected chi connectivity index (χ0v) is 16.0. The Kier molecular flexibility index (Phi) is 6.13. The van der Waals surface area contributed by atoms with Gasteiger partial charge in [-0.3, -0.25) is 14.9 Å². The number of nitrogens with one attached hydrogen (secondary N) is 1. The number of hydrogen-bond acceptors (Lipinski definition) is 7. The third kappa shape index (κ3) is 5.52. The van der Waals surface area contributed by atoms with Gasteiger partial charge >= 0.3 is 6.18 Å². The van der Waals surface area contributed by atoms with E-state index < -0.39 is 23.6 Å².